The third-order valence-corrected chi connectivity index (χ3v) is 5.92. The van der Waals surface area contributed by atoms with Crippen molar-refractivity contribution in [1.82, 2.24) is 10.2 Å². The summed E-state index contributed by atoms with van der Waals surface area (Å²) in [5, 5.41) is 3.68. The molecule has 0 saturated carbocycles. The number of nitrogens with one attached hydrogen (secondary N) is 1. The SMILES string of the molecule is C[C@@H]1CN(C(=O)N2CCC(C(=O)NCc3ccc(Cl)cc3)CC2)c2ccccc2O1. The molecule has 7 heteroatoms. The molecule has 0 aromatic heterocycles. The van der Waals surface area contributed by atoms with Crippen molar-refractivity contribution >= 4 is 29.2 Å². The highest BCUT2D eigenvalue weighted by atomic mass is 35.5. The Morgan fingerprint density at radius 1 is 1.10 bits per heavy atom. The molecule has 158 valence electrons. The lowest BCUT2D eigenvalue weighted by atomic mass is 9.96. The third kappa shape index (κ3) is 4.54. The van der Waals surface area contributed by atoms with Crippen molar-refractivity contribution in [3.63, 3.8) is 0 Å². The Balaban J connectivity index is 1.31. The van der Waals surface area contributed by atoms with Gasteiger partial charge in [0.15, 0.2) is 0 Å². The number of ether oxygens (including phenoxy) is 1. The van der Waals surface area contributed by atoms with E-state index in [1.54, 1.807) is 4.90 Å². The highest BCUT2D eigenvalue weighted by Crippen LogP contribution is 2.34. The molecule has 2 aromatic carbocycles. The van der Waals surface area contributed by atoms with Crippen molar-refractivity contribution in [2.45, 2.75) is 32.4 Å². The van der Waals surface area contributed by atoms with Crippen molar-refractivity contribution in [2.75, 3.05) is 24.5 Å². The molecule has 1 N–H and O–H groups in total. The topological polar surface area (TPSA) is 61.9 Å². The van der Waals surface area contributed by atoms with Gasteiger partial charge in [-0.1, -0.05) is 35.9 Å². The van der Waals surface area contributed by atoms with Crippen LogP contribution in [0.3, 0.4) is 0 Å². The molecule has 0 radical (unpaired) electrons. The van der Waals surface area contributed by atoms with Gasteiger partial charge in [0.2, 0.25) is 5.91 Å². The van der Waals surface area contributed by atoms with Gasteiger partial charge in [-0.05, 0) is 49.6 Å². The average molecular weight is 428 g/mol. The molecular formula is C23H26ClN3O3. The van der Waals surface area contributed by atoms with E-state index in [0.717, 1.165) is 17.0 Å². The second-order valence-electron chi connectivity index (χ2n) is 7.89. The number of piperidine rings is 1. The smallest absolute Gasteiger partial charge is 0.324 e. The van der Waals surface area contributed by atoms with Crippen LogP contribution in [0.4, 0.5) is 10.5 Å². The first-order valence-corrected chi connectivity index (χ1v) is 10.7. The van der Waals surface area contributed by atoms with Crippen LogP contribution in [0.15, 0.2) is 48.5 Å². The van der Waals surface area contributed by atoms with Crippen molar-refractivity contribution in [2.24, 2.45) is 5.92 Å². The van der Waals surface area contributed by atoms with E-state index in [2.05, 4.69) is 5.32 Å². The van der Waals surface area contributed by atoms with Crippen molar-refractivity contribution in [3.8, 4) is 5.75 Å². The lowest BCUT2D eigenvalue weighted by Crippen LogP contribution is -2.52. The van der Waals surface area contributed by atoms with Gasteiger partial charge in [-0.3, -0.25) is 9.69 Å². The number of benzene rings is 2. The number of hydrogen-bond donors (Lipinski definition) is 1. The Morgan fingerprint density at radius 3 is 2.53 bits per heavy atom. The van der Waals surface area contributed by atoms with Crippen LogP contribution < -0.4 is 15.0 Å². The zero-order valence-electron chi connectivity index (χ0n) is 17.0. The van der Waals surface area contributed by atoms with Crippen LogP contribution in [0, 0.1) is 5.92 Å². The summed E-state index contributed by atoms with van der Waals surface area (Å²) < 4.78 is 5.85. The number of halogens is 1. The fourth-order valence-electron chi connectivity index (χ4n) is 4.01. The van der Waals surface area contributed by atoms with Crippen LogP contribution >= 0.6 is 11.6 Å². The molecule has 30 heavy (non-hydrogen) atoms. The fraction of sp³-hybridized carbons (Fsp3) is 0.391. The van der Waals surface area contributed by atoms with Gasteiger partial charge < -0.3 is 15.0 Å². The fourth-order valence-corrected chi connectivity index (χ4v) is 4.14. The summed E-state index contributed by atoms with van der Waals surface area (Å²) in [6, 6.07) is 15.1. The number of rotatable bonds is 3. The molecule has 2 heterocycles. The molecule has 2 aliphatic heterocycles. The summed E-state index contributed by atoms with van der Waals surface area (Å²) >= 11 is 5.90. The first-order valence-electron chi connectivity index (χ1n) is 10.4. The predicted octanol–water partition coefficient (Wildman–Crippen LogP) is 4.08. The van der Waals surface area contributed by atoms with Gasteiger partial charge in [0.1, 0.15) is 11.9 Å². The first kappa shape index (κ1) is 20.5. The van der Waals surface area contributed by atoms with Gasteiger partial charge in [-0.15, -0.1) is 0 Å². The number of hydrogen-bond acceptors (Lipinski definition) is 3. The molecule has 0 bridgehead atoms. The Labute approximate surface area is 181 Å². The summed E-state index contributed by atoms with van der Waals surface area (Å²) in [5.41, 5.74) is 1.82. The molecule has 6 nitrogen and oxygen atoms in total. The highest BCUT2D eigenvalue weighted by Gasteiger charge is 2.33. The highest BCUT2D eigenvalue weighted by molar-refractivity contribution is 6.30. The van der Waals surface area contributed by atoms with Gasteiger partial charge in [0, 0.05) is 30.6 Å². The molecule has 1 saturated heterocycles. The Morgan fingerprint density at radius 2 is 1.80 bits per heavy atom. The molecule has 3 amide bonds. The second-order valence-corrected chi connectivity index (χ2v) is 8.33. The minimum atomic E-state index is -0.0720. The van der Waals surface area contributed by atoms with E-state index < -0.39 is 0 Å². The summed E-state index contributed by atoms with van der Waals surface area (Å²) in [5.74, 6) is 0.709. The van der Waals surface area contributed by atoms with E-state index in [9.17, 15) is 9.59 Å². The van der Waals surface area contributed by atoms with Crippen LogP contribution in [-0.4, -0.2) is 42.6 Å². The lowest BCUT2D eigenvalue weighted by molar-refractivity contribution is -0.126. The standard InChI is InChI=1S/C23H26ClN3O3/c1-16-15-27(20-4-2-3-5-21(20)30-16)23(29)26-12-10-18(11-13-26)22(28)25-14-17-6-8-19(24)9-7-17/h2-9,16,18H,10-15H2,1H3,(H,25,28)/t16-/m1/s1. The molecule has 0 spiro atoms. The minimum absolute atomic E-state index is 0.0161. The molecule has 4 rings (SSSR count). The Bertz CT molecular complexity index is 910. The molecule has 0 aliphatic carbocycles. The molecule has 0 unspecified atom stereocenters. The molecule has 2 aromatic rings. The zero-order valence-corrected chi connectivity index (χ0v) is 17.8. The summed E-state index contributed by atoms with van der Waals surface area (Å²) in [4.78, 5) is 29.4. The Hall–Kier alpha value is -2.73. The van der Waals surface area contributed by atoms with E-state index in [4.69, 9.17) is 16.3 Å². The van der Waals surface area contributed by atoms with E-state index in [1.165, 1.54) is 0 Å². The largest absolute Gasteiger partial charge is 0.487 e. The number of carbonyl (C=O) groups excluding carboxylic acids is 2. The molecule has 2 aliphatic rings. The number of para-hydroxylation sites is 2. The number of urea groups is 1. The van der Waals surface area contributed by atoms with Crippen molar-refractivity contribution < 1.29 is 14.3 Å². The van der Waals surface area contributed by atoms with Gasteiger partial charge in [0.25, 0.3) is 0 Å². The summed E-state index contributed by atoms with van der Waals surface area (Å²) in [6.45, 7) is 4.12. The lowest BCUT2D eigenvalue weighted by Gasteiger charge is -2.39. The maximum atomic E-state index is 13.2. The van der Waals surface area contributed by atoms with Crippen LogP contribution in [0.5, 0.6) is 5.75 Å². The monoisotopic (exact) mass is 427 g/mol. The van der Waals surface area contributed by atoms with Gasteiger partial charge in [0.05, 0.1) is 12.2 Å². The van der Waals surface area contributed by atoms with E-state index in [-0.39, 0.29) is 24.0 Å². The summed E-state index contributed by atoms with van der Waals surface area (Å²) in [7, 11) is 0. The molecular weight excluding hydrogens is 402 g/mol. The minimum Gasteiger partial charge on any atom is -0.487 e. The number of anilines is 1. The van der Waals surface area contributed by atoms with Gasteiger partial charge in [-0.25, -0.2) is 4.79 Å². The number of carbonyl (C=O) groups is 2. The zero-order chi connectivity index (χ0) is 21.1. The maximum absolute atomic E-state index is 13.2. The van der Waals surface area contributed by atoms with Crippen LogP contribution in [0.2, 0.25) is 5.02 Å². The first-order chi connectivity index (χ1) is 14.5. The Kier molecular flexibility index (Phi) is 6.13. The molecule has 1 fully saturated rings. The quantitative estimate of drug-likeness (QED) is 0.802. The number of fused-ring (bicyclic) bond motifs is 1. The van der Waals surface area contributed by atoms with E-state index in [1.807, 2.05) is 60.4 Å². The molecule has 1 atom stereocenters. The van der Waals surface area contributed by atoms with Gasteiger partial charge in [-0.2, -0.15) is 0 Å². The van der Waals surface area contributed by atoms with Crippen LogP contribution in [0.25, 0.3) is 0 Å². The van der Waals surface area contributed by atoms with Crippen molar-refractivity contribution in [3.05, 3.63) is 59.1 Å². The predicted molar refractivity (Wildman–Crippen MR) is 117 cm³/mol. The average Bonchev–Trinajstić information content (AvgIpc) is 2.77. The normalized spacial score (nSPS) is 19.1. The number of amides is 3. The summed E-state index contributed by atoms with van der Waals surface area (Å²) in [6.07, 6.45) is 1.28. The number of likely N-dealkylation sites (tertiary alicyclic amines) is 1. The van der Waals surface area contributed by atoms with E-state index >= 15 is 0 Å². The second kappa shape index (κ2) is 8.96. The van der Waals surface area contributed by atoms with E-state index in [0.29, 0.717) is 44.0 Å². The van der Waals surface area contributed by atoms with Gasteiger partial charge >= 0.3 is 6.03 Å². The van der Waals surface area contributed by atoms with Crippen LogP contribution in [-0.2, 0) is 11.3 Å². The number of nitrogens with zero attached hydrogens (tertiary/aromatic N) is 2. The van der Waals surface area contributed by atoms with Crippen LogP contribution in [0.1, 0.15) is 25.3 Å². The third-order valence-electron chi connectivity index (χ3n) is 5.67. The maximum Gasteiger partial charge on any atom is 0.324 e. The van der Waals surface area contributed by atoms with Crippen molar-refractivity contribution in [1.29, 1.82) is 0 Å².